The summed E-state index contributed by atoms with van der Waals surface area (Å²) in [7, 11) is 4.15. The Hall–Kier alpha value is -1.52. The maximum atomic E-state index is 4.30. The lowest BCUT2D eigenvalue weighted by atomic mass is 10.2. The molecule has 1 aromatic carbocycles. The quantitative estimate of drug-likeness (QED) is 0.786. The van der Waals surface area contributed by atoms with Crippen molar-refractivity contribution in [3.05, 3.63) is 36.2 Å². The van der Waals surface area contributed by atoms with Gasteiger partial charge in [-0.3, -0.25) is 9.97 Å². The fourth-order valence-electron chi connectivity index (χ4n) is 1.65. The van der Waals surface area contributed by atoms with Gasteiger partial charge in [-0.15, -0.1) is 0 Å². The summed E-state index contributed by atoms with van der Waals surface area (Å²) >= 11 is 0. The molecule has 0 saturated heterocycles. The molecule has 2 aromatic rings. The first-order valence-electron chi connectivity index (χ1n) is 5.81. The van der Waals surface area contributed by atoms with Gasteiger partial charge < -0.3 is 10.2 Å². The third-order valence-electron chi connectivity index (χ3n) is 2.60. The van der Waals surface area contributed by atoms with Crippen LogP contribution in [0.25, 0.3) is 11.0 Å². The molecule has 2 rings (SSSR count). The summed E-state index contributed by atoms with van der Waals surface area (Å²) in [5.74, 6) is 0. The molecule has 0 unspecified atom stereocenters. The summed E-state index contributed by atoms with van der Waals surface area (Å²) in [6, 6.07) is 6.20. The molecule has 1 heterocycles. The minimum Gasteiger partial charge on any atom is -0.311 e. The van der Waals surface area contributed by atoms with Crippen LogP contribution in [0.4, 0.5) is 0 Å². The smallest absolute Gasteiger partial charge is 0.0890 e. The lowest BCUT2D eigenvalue weighted by Gasteiger charge is -2.10. The van der Waals surface area contributed by atoms with Crippen molar-refractivity contribution in [3.63, 3.8) is 0 Å². The van der Waals surface area contributed by atoms with Crippen LogP contribution in [0.2, 0.25) is 0 Å². The Morgan fingerprint density at radius 1 is 1.12 bits per heavy atom. The minimum atomic E-state index is 0.875. The summed E-state index contributed by atoms with van der Waals surface area (Å²) < 4.78 is 0. The van der Waals surface area contributed by atoms with E-state index >= 15 is 0 Å². The third kappa shape index (κ3) is 3.47. The van der Waals surface area contributed by atoms with E-state index in [9.17, 15) is 0 Å². The van der Waals surface area contributed by atoms with Crippen LogP contribution in [0.1, 0.15) is 5.56 Å². The van der Waals surface area contributed by atoms with Crippen LogP contribution in [-0.4, -0.2) is 42.1 Å². The summed E-state index contributed by atoms with van der Waals surface area (Å²) in [6.45, 7) is 2.92. The number of aromatic nitrogens is 2. The third-order valence-corrected chi connectivity index (χ3v) is 2.60. The van der Waals surface area contributed by atoms with Crippen LogP contribution in [0, 0.1) is 0 Å². The maximum Gasteiger partial charge on any atom is 0.0890 e. The van der Waals surface area contributed by atoms with Gasteiger partial charge in [-0.05, 0) is 31.8 Å². The zero-order valence-corrected chi connectivity index (χ0v) is 10.3. The summed E-state index contributed by atoms with van der Waals surface area (Å²) in [5, 5.41) is 3.41. The number of hydrogen-bond acceptors (Lipinski definition) is 4. The Labute approximate surface area is 102 Å². The van der Waals surface area contributed by atoms with Crippen molar-refractivity contribution in [3.8, 4) is 0 Å². The second kappa shape index (κ2) is 5.70. The van der Waals surface area contributed by atoms with E-state index in [2.05, 4.69) is 46.4 Å². The van der Waals surface area contributed by atoms with Crippen molar-refractivity contribution < 1.29 is 0 Å². The van der Waals surface area contributed by atoms with E-state index in [1.807, 2.05) is 6.07 Å². The van der Waals surface area contributed by atoms with Crippen LogP contribution >= 0.6 is 0 Å². The molecule has 0 aliphatic rings. The van der Waals surface area contributed by atoms with Gasteiger partial charge in [0.05, 0.1) is 11.0 Å². The highest BCUT2D eigenvalue weighted by Gasteiger charge is 1.98. The van der Waals surface area contributed by atoms with E-state index < -0.39 is 0 Å². The fraction of sp³-hybridized carbons (Fsp3) is 0.385. The molecule has 0 atom stereocenters. The highest BCUT2D eigenvalue weighted by Crippen LogP contribution is 2.10. The van der Waals surface area contributed by atoms with Gasteiger partial charge in [0.2, 0.25) is 0 Å². The normalized spacial score (nSPS) is 11.2. The molecule has 1 aromatic heterocycles. The summed E-state index contributed by atoms with van der Waals surface area (Å²) in [6.07, 6.45) is 3.45. The predicted octanol–water partition coefficient (Wildman–Crippen LogP) is 1.28. The molecule has 4 nitrogen and oxygen atoms in total. The molecular weight excluding hydrogens is 212 g/mol. The molecule has 0 bridgehead atoms. The van der Waals surface area contributed by atoms with Gasteiger partial charge in [0.1, 0.15) is 0 Å². The SMILES string of the molecule is CN(C)CCNCc1ccc2nccnc2c1. The van der Waals surface area contributed by atoms with E-state index in [4.69, 9.17) is 0 Å². The topological polar surface area (TPSA) is 41.0 Å². The number of benzene rings is 1. The lowest BCUT2D eigenvalue weighted by molar-refractivity contribution is 0.400. The van der Waals surface area contributed by atoms with Gasteiger partial charge in [0.15, 0.2) is 0 Å². The average Bonchev–Trinajstić information content (AvgIpc) is 2.34. The number of nitrogens with one attached hydrogen (secondary N) is 1. The Morgan fingerprint density at radius 3 is 2.65 bits per heavy atom. The lowest BCUT2D eigenvalue weighted by Crippen LogP contribution is -2.26. The van der Waals surface area contributed by atoms with E-state index in [1.54, 1.807) is 12.4 Å². The second-order valence-corrected chi connectivity index (χ2v) is 4.36. The van der Waals surface area contributed by atoms with Gasteiger partial charge in [0.25, 0.3) is 0 Å². The van der Waals surface area contributed by atoms with Gasteiger partial charge in [-0.2, -0.15) is 0 Å². The number of likely N-dealkylation sites (N-methyl/N-ethyl adjacent to an activating group) is 1. The average molecular weight is 230 g/mol. The van der Waals surface area contributed by atoms with Crippen LogP contribution in [0.5, 0.6) is 0 Å². The molecule has 0 amide bonds. The summed E-state index contributed by atoms with van der Waals surface area (Å²) in [4.78, 5) is 10.7. The summed E-state index contributed by atoms with van der Waals surface area (Å²) in [5.41, 5.74) is 3.15. The molecule has 1 N–H and O–H groups in total. The highest BCUT2D eigenvalue weighted by molar-refractivity contribution is 5.74. The van der Waals surface area contributed by atoms with Crippen molar-refractivity contribution in [1.82, 2.24) is 20.2 Å². The molecule has 4 heteroatoms. The molecule has 0 fully saturated rings. The van der Waals surface area contributed by atoms with E-state index in [-0.39, 0.29) is 0 Å². The van der Waals surface area contributed by atoms with Crippen LogP contribution in [0.15, 0.2) is 30.6 Å². The Morgan fingerprint density at radius 2 is 1.88 bits per heavy atom. The van der Waals surface area contributed by atoms with Gasteiger partial charge in [-0.1, -0.05) is 6.07 Å². The zero-order valence-electron chi connectivity index (χ0n) is 10.3. The van der Waals surface area contributed by atoms with Crippen molar-refractivity contribution >= 4 is 11.0 Å². The number of fused-ring (bicyclic) bond motifs is 1. The molecule has 0 spiro atoms. The minimum absolute atomic E-state index is 0.875. The van der Waals surface area contributed by atoms with Crippen molar-refractivity contribution in [1.29, 1.82) is 0 Å². The number of nitrogens with zero attached hydrogens (tertiary/aromatic N) is 3. The number of hydrogen-bond donors (Lipinski definition) is 1. The largest absolute Gasteiger partial charge is 0.311 e. The molecule has 0 saturated carbocycles. The van der Waals surface area contributed by atoms with Crippen LogP contribution in [-0.2, 0) is 6.54 Å². The number of rotatable bonds is 5. The van der Waals surface area contributed by atoms with Crippen LogP contribution in [0.3, 0.4) is 0 Å². The van der Waals surface area contributed by atoms with Gasteiger partial charge in [-0.25, -0.2) is 0 Å². The monoisotopic (exact) mass is 230 g/mol. The molecule has 90 valence electrons. The van der Waals surface area contributed by atoms with Gasteiger partial charge in [0, 0.05) is 32.0 Å². The molecule has 0 aliphatic carbocycles. The van der Waals surface area contributed by atoms with Crippen molar-refractivity contribution in [2.24, 2.45) is 0 Å². The van der Waals surface area contributed by atoms with E-state index in [0.717, 1.165) is 30.7 Å². The molecule has 0 radical (unpaired) electrons. The standard InChI is InChI=1S/C13H18N4/c1-17(2)8-7-14-10-11-3-4-12-13(9-11)16-6-5-15-12/h3-6,9,14H,7-8,10H2,1-2H3. The molecule has 17 heavy (non-hydrogen) atoms. The van der Waals surface area contributed by atoms with Crippen molar-refractivity contribution in [2.45, 2.75) is 6.54 Å². The Balaban J connectivity index is 1.95. The zero-order chi connectivity index (χ0) is 12.1. The predicted molar refractivity (Wildman–Crippen MR) is 69.8 cm³/mol. The first-order valence-corrected chi connectivity index (χ1v) is 5.81. The first kappa shape index (κ1) is 12.0. The van der Waals surface area contributed by atoms with Crippen LogP contribution < -0.4 is 5.32 Å². The first-order chi connectivity index (χ1) is 8.25. The maximum absolute atomic E-state index is 4.30. The Kier molecular flexibility index (Phi) is 4.01. The van der Waals surface area contributed by atoms with Gasteiger partial charge >= 0.3 is 0 Å². The Bertz CT molecular complexity index is 482. The molecular formula is C13H18N4. The highest BCUT2D eigenvalue weighted by atomic mass is 15.1. The fourth-order valence-corrected chi connectivity index (χ4v) is 1.65. The molecule has 0 aliphatic heterocycles. The second-order valence-electron chi connectivity index (χ2n) is 4.36. The van der Waals surface area contributed by atoms with E-state index in [1.165, 1.54) is 5.56 Å². The van der Waals surface area contributed by atoms with Crippen molar-refractivity contribution in [2.75, 3.05) is 27.2 Å². The van der Waals surface area contributed by atoms with E-state index in [0.29, 0.717) is 0 Å².